The molecule has 8 heteroatoms. The Morgan fingerprint density at radius 3 is 1.87 bits per heavy atom. The second-order valence-electron chi connectivity index (χ2n) is 4.52. The van der Waals surface area contributed by atoms with Gasteiger partial charge in [0.1, 0.15) is 5.71 Å². The number of ketones is 1. The Balaban J connectivity index is 2.44. The molecule has 116 valence electrons. The van der Waals surface area contributed by atoms with Gasteiger partial charge in [0.2, 0.25) is 5.78 Å². The Labute approximate surface area is 130 Å². The van der Waals surface area contributed by atoms with Crippen LogP contribution in [0.4, 0.5) is 11.4 Å². The number of non-ortho nitro benzene ring substituents is 2. The summed E-state index contributed by atoms with van der Waals surface area (Å²) in [5.74, 6) is -0.545. The number of rotatable bonds is 5. The number of carbonyl (C=O) groups is 1. The zero-order valence-electron chi connectivity index (χ0n) is 12.0. The molecular formula is C15H11N3O5. The van der Waals surface area contributed by atoms with Gasteiger partial charge in [-0.25, -0.2) is 0 Å². The molecule has 0 spiro atoms. The summed E-state index contributed by atoms with van der Waals surface area (Å²) >= 11 is 0. The van der Waals surface area contributed by atoms with Crippen LogP contribution in [0.15, 0.2) is 53.5 Å². The predicted molar refractivity (Wildman–Crippen MR) is 83.0 cm³/mol. The molecule has 0 aliphatic heterocycles. The zero-order chi connectivity index (χ0) is 17.0. The molecule has 0 atom stereocenters. The minimum atomic E-state index is -0.604. The van der Waals surface area contributed by atoms with E-state index in [1.165, 1.54) is 49.5 Å². The summed E-state index contributed by atoms with van der Waals surface area (Å²) < 4.78 is 0. The average Bonchev–Trinajstić information content (AvgIpc) is 2.55. The molecule has 0 fully saturated rings. The number of carbonyl (C=O) groups excluding carboxylic acids is 1. The number of aliphatic imine (C=N–C) groups is 1. The van der Waals surface area contributed by atoms with Crippen LogP contribution in [-0.2, 0) is 0 Å². The quantitative estimate of drug-likeness (QED) is 0.364. The fraction of sp³-hybridized carbons (Fsp3) is 0.0667. The van der Waals surface area contributed by atoms with E-state index in [0.717, 1.165) is 6.07 Å². The van der Waals surface area contributed by atoms with Crippen molar-refractivity contribution in [2.24, 2.45) is 4.99 Å². The summed E-state index contributed by atoms with van der Waals surface area (Å²) in [6, 6.07) is 10.7. The summed E-state index contributed by atoms with van der Waals surface area (Å²) in [4.78, 5) is 36.8. The normalized spacial score (nSPS) is 11.1. The number of nitro groups is 2. The molecule has 0 aromatic heterocycles. The maximum absolute atomic E-state index is 12.5. The first-order chi connectivity index (χ1) is 10.9. The van der Waals surface area contributed by atoms with Crippen LogP contribution in [0, 0.1) is 20.2 Å². The maximum atomic E-state index is 12.5. The van der Waals surface area contributed by atoms with Gasteiger partial charge >= 0.3 is 0 Å². The molecule has 2 rings (SSSR count). The van der Waals surface area contributed by atoms with E-state index in [9.17, 15) is 25.0 Å². The van der Waals surface area contributed by atoms with Crippen molar-refractivity contribution >= 4 is 22.9 Å². The molecule has 0 unspecified atom stereocenters. The molecule has 0 aliphatic rings. The number of nitrogens with zero attached hydrogens (tertiary/aromatic N) is 3. The monoisotopic (exact) mass is 313 g/mol. The number of hydrogen-bond donors (Lipinski definition) is 0. The highest BCUT2D eigenvalue weighted by atomic mass is 16.6. The van der Waals surface area contributed by atoms with Crippen molar-refractivity contribution in [1.82, 2.24) is 0 Å². The van der Waals surface area contributed by atoms with Crippen molar-refractivity contribution in [1.29, 1.82) is 0 Å². The fourth-order valence-corrected chi connectivity index (χ4v) is 2.03. The first-order valence-electron chi connectivity index (χ1n) is 6.45. The second-order valence-corrected chi connectivity index (χ2v) is 4.52. The molecule has 0 radical (unpaired) electrons. The van der Waals surface area contributed by atoms with Crippen LogP contribution >= 0.6 is 0 Å². The van der Waals surface area contributed by atoms with E-state index in [0.29, 0.717) is 0 Å². The largest absolute Gasteiger partial charge is 0.287 e. The minimum Gasteiger partial charge on any atom is -0.287 e. The molecule has 0 heterocycles. The molecule has 2 aromatic rings. The first kappa shape index (κ1) is 16.0. The minimum absolute atomic E-state index is 0.00537. The first-order valence-corrected chi connectivity index (χ1v) is 6.45. The summed E-state index contributed by atoms with van der Waals surface area (Å²) in [6.45, 7) is 0. The molecular weight excluding hydrogens is 302 g/mol. The summed E-state index contributed by atoms with van der Waals surface area (Å²) in [6.07, 6.45) is 0. The Morgan fingerprint density at radius 2 is 1.39 bits per heavy atom. The summed E-state index contributed by atoms with van der Waals surface area (Å²) in [5, 5.41) is 21.6. The third kappa shape index (κ3) is 3.43. The number of benzene rings is 2. The van der Waals surface area contributed by atoms with E-state index in [2.05, 4.69) is 4.99 Å². The topological polar surface area (TPSA) is 116 Å². The molecule has 0 bridgehead atoms. The van der Waals surface area contributed by atoms with Gasteiger partial charge in [-0.3, -0.25) is 30.0 Å². The Morgan fingerprint density at radius 1 is 0.913 bits per heavy atom. The van der Waals surface area contributed by atoms with Crippen LogP contribution in [0.5, 0.6) is 0 Å². The Bertz CT molecular complexity index is 829. The van der Waals surface area contributed by atoms with E-state index >= 15 is 0 Å². The van der Waals surface area contributed by atoms with Crippen molar-refractivity contribution in [3.63, 3.8) is 0 Å². The average molecular weight is 313 g/mol. The van der Waals surface area contributed by atoms with Gasteiger partial charge in [0.05, 0.1) is 9.85 Å². The van der Waals surface area contributed by atoms with Gasteiger partial charge in [-0.15, -0.1) is 0 Å². The number of Topliss-reactive ketones (excluding diaryl/α,β-unsaturated/α-hetero) is 1. The highest BCUT2D eigenvalue weighted by molar-refractivity contribution is 6.51. The van der Waals surface area contributed by atoms with E-state index in [1.807, 2.05) is 0 Å². The van der Waals surface area contributed by atoms with Gasteiger partial charge in [-0.1, -0.05) is 24.3 Å². The maximum Gasteiger partial charge on any atom is 0.270 e. The van der Waals surface area contributed by atoms with Crippen molar-refractivity contribution in [2.75, 3.05) is 7.05 Å². The van der Waals surface area contributed by atoms with E-state index in [-0.39, 0.29) is 28.2 Å². The highest BCUT2D eigenvalue weighted by Crippen LogP contribution is 2.18. The molecule has 0 N–H and O–H groups in total. The van der Waals surface area contributed by atoms with Crippen LogP contribution < -0.4 is 0 Å². The fourth-order valence-electron chi connectivity index (χ4n) is 2.03. The van der Waals surface area contributed by atoms with Gasteiger partial charge in [0.25, 0.3) is 11.4 Å². The Hall–Kier alpha value is -3.42. The van der Waals surface area contributed by atoms with Crippen molar-refractivity contribution in [3.05, 3.63) is 79.9 Å². The van der Waals surface area contributed by atoms with Gasteiger partial charge in [-0.2, -0.15) is 0 Å². The number of hydrogen-bond acceptors (Lipinski definition) is 6. The number of nitro benzene ring substituents is 2. The standard InChI is InChI=1S/C15H11N3O5/c1-16-14(10-4-2-6-12(8-10)17(20)21)15(19)11-5-3-7-13(9-11)18(22)23/h2-9H,1H3. The predicted octanol–water partition coefficient (Wildman–Crippen LogP) is 2.80. The van der Waals surface area contributed by atoms with Gasteiger partial charge < -0.3 is 0 Å². The molecule has 0 saturated carbocycles. The van der Waals surface area contributed by atoms with Crippen LogP contribution in [-0.4, -0.2) is 28.4 Å². The van der Waals surface area contributed by atoms with E-state index in [1.54, 1.807) is 0 Å². The van der Waals surface area contributed by atoms with E-state index in [4.69, 9.17) is 0 Å². The molecule has 0 aliphatic carbocycles. The summed E-state index contributed by atoms with van der Waals surface area (Å²) in [5.41, 5.74) is -0.0282. The van der Waals surface area contributed by atoms with Gasteiger partial charge in [0.15, 0.2) is 0 Å². The third-order valence-electron chi connectivity index (χ3n) is 3.09. The lowest BCUT2D eigenvalue weighted by atomic mass is 10.00. The van der Waals surface area contributed by atoms with Crippen LogP contribution in [0.25, 0.3) is 0 Å². The molecule has 8 nitrogen and oxygen atoms in total. The third-order valence-corrected chi connectivity index (χ3v) is 3.09. The lowest BCUT2D eigenvalue weighted by Gasteiger charge is -2.05. The van der Waals surface area contributed by atoms with Crippen LogP contribution in [0.3, 0.4) is 0 Å². The lowest BCUT2D eigenvalue weighted by molar-refractivity contribution is -0.385. The SMILES string of the molecule is CN=C(C(=O)c1cccc([N+](=O)[O-])c1)c1cccc([N+](=O)[O-])c1. The van der Waals surface area contributed by atoms with Gasteiger partial charge in [-0.05, 0) is 0 Å². The lowest BCUT2D eigenvalue weighted by Crippen LogP contribution is -2.16. The molecule has 0 saturated heterocycles. The van der Waals surface area contributed by atoms with Crippen LogP contribution in [0.1, 0.15) is 15.9 Å². The van der Waals surface area contributed by atoms with Crippen molar-refractivity contribution < 1.29 is 14.6 Å². The highest BCUT2D eigenvalue weighted by Gasteiger charge is 2.19. The van der Waals surface area contributed by atoms with Crippen LogP contribution in [0.2, 0.25) is 0 Å². The molecule has 2 aromatic carbocycles. The summed E-state index contributed by atoms with van der Waals surface area (Å²) in [7, 11) is 1.38. The Kier molecular flexibility index (Phi) is 4.55. The van der Waals surface area contributed by atoms with E-state index < -0.39 is 15.6 Å². The van der Waals surface area contributed by atoms with Crippen molar-refractivity contribution in [2.45, 2.75) is 0 Å². The smallest absolute Gasteiger partial charge is 0.270 e. The van der Waals surface area contributed by atoms with Crippen molar-refractivity contribution in [3.8, 4) is 0 Å². The second kappa shape index (κ2) is 6.56. The zero-order valence-corrected chi connectivity index (χ0v) is 12.0. The molecule has 0 amide bonds. The molecule has 23 heavy (non-hydrogen) atoms. The van der Waals surface area contributed by atoms with Gasteiger partial charge in [0, 0.05) is 42.4 Å².